The molecule has 1 aromatic carbocycles. The first-order valence-corrected chi connectivity index (χ1v) is 13.1. The van der Waals surface area contributed by atoms with Crippen molar-refractivity contribution in [2.45, 2.75) is 39.3 Å². The number of fused-ring (bicyclic) bond motifs is 1. The Morgan fingerprint density at radius 2 is 2.00 bits per heavy atom. The molecule has 7 nitrogen and oxygen atoms in total. The lowest BCUT2D eigenvalue weighted by molar-refractivity contribution is 0.0600. The zero-order valence-electron chi connectivity index (χ0n) is 17.4. The summed E-state index contributed by atoms with van der Waals surface area (Å²) >= 11 is 0. The number of methoxy groups -OCH3 is 1. The summed E-state index contributed by atoms with van der Waals surface area (Å²) in [5.41, 5.74) is 3.99. The van der Waals surface area contributed by atoms with Crippen LogP contribution in [0.15, 0.2) is 24.5 Å². The first-order chi connectivity index (χ1) is 13.2. The van der Waals surface area contributed by atoms with Crippen LogP contribution in [0.4, 0.5) is 0 Å². The van der Waals surface area contributed by atoms with Gasteiger partial charge in [0.2, 0.25) is 0 Å². The average molecular weight is 401 g/mol. The number of aryl methyl sites for hydroxylation is 2. The zero-order valence-corrected chi connectivity index (χ0v) is 18.4. The minimum absolute atomic E-state index is 0.351. The maximum Gasteiger partial charge on any atom is 0.338 e. The van der Waals surface area contributed by atoms with Gasteiger partial charge in [-0.25, -0.2) is 9.48 Å². The highest BCUT2D eigenvalue weighted by Gasteiger charge is 2.19. The second kappa shape index (κ2) is 7.88. The molecule has 150 valence electrons. The largest absolute Gasteiger partial charge is 0.465 e. The molecule has 0 bridgehead atoms. The Kier molecular flexibility index (Phi) is 5.71. The number of aromatic nitrogens is 4. The molecule has 3 aromatic rings. The Hall–Kier alpha value is -2.45. The summed E-state index contributed by atoms with van der Waals surface area (Å²) in [6.45, 7) is 9.99. The van der Waals surface area contributed by atoms with Crippen LogP contribution in [-0.2, 0) is 23.3 Å². The Morgan fingerprint density at radius 3 is 2.61 bits per heavy atom. The molecule has 8 heteroatoms. The number of nitrogens with zero attached hydrogens (tertiary/aromatic N) is 4. The third-order valence-electron chi connectivity index (χ3n) is 4.69. The summed E-state index contributed by atoms with van der Waals surface area (Å²) in [5.74, 6) is -0.351. The fourth-order valence-electron chi connectivity index (χ4n) is 3.04. The Labute approximate surface area is 166 Å². The first kappa shape index (κ1) is 20.3. The molecule has 0 aliphatic heterocycles. The van der Waals surface area contributed by atoms with E-state index in [1.807, 2.05) is 37.0 Å². The topological polar surface area (TPSA) is 71.2 Å². The van der Waals surface area contributed by atoms with Crippen molar-refractivity contribution in [2.75, 3.05) is 13.7 Å². The van der Waals surface area contributed by atoms with E-state index in [9.17, 15) is 4.79 Å². The molecule has 28 heavy (non-hydrogen) atoms. The summed E-state index contributed by atoms with van der Waals surface area (Å²) in [5, 5.41) is 9.91. The predicted molar refractivity (Wildman–Crippen MR) is 112 cm³/mol. The van der Waals surface area contributed by atoms with Gasteiger partial charge in [-0.05, 0) is 30.7 Å². The molecular weight excluding hydrogens is 372 g/mol. The van der Waals surface area contributed by atoms with Crippen LogP contribution >= 0.6 is 0 Å². The molecule has 0 saturated heterocycles. The lowest BCUT2D eigenvalue weighted by Crippen LogP contribution is -2.22. The monoisotopic (exact) mass is 400 g/mol. The highest BCUT2D eigenvalue weighted by Crippen LogP contribution is 2.30. The van der Waals surface area contributed by atoms with Crippen LogP contribution in [0.5, 0.6) is 0 Å². The smallest absolute Gasteiger partial charge is 0.338 e. The van der Waals surface area contributed by atoms with Crippen LogP contribution in [0.25, 0.3) is 22.2 Å². The number of hydrogen-bond donors (Lipinski definition) is 0. The standard InChI is InChI=1S/C20H28N4O3Si/c1-14-9-18-17(10-16(14)20(25)26-3)19(15-11-21-23(2)12-15)22-24(18)13-27-7-8-28(4,5)6/h9-12H,7-8,13H2,1-6H3. The van der Waals surface area contributed by atoms with Crippen molar-refractivity contribution in [2.24, 2.45) is 7.05 Å². The molecule has 0 spiro atoms. The van der Waals surface area contributed by atoms with Crippen LogP contribution in [0.3, 0.4) is 0 Å². The zero-order chi connectivity index (χ0) is 20.5. The number of hydrogen-bond acceptors (Lipinski definition) is 5. The molecule has 2 heterocycles. The fraction of sp³-hybridized carbons (Fsp3) is 0.450. The van der Waals surface area contributed by atoms with Crippen molar-refractivity contribution in [3.05, 3.63) is 35.7 Å². The second-order valence-corrected chi connectivity index (χ2v) is 13.9. The van der Waals surface area contributed by atoms with E-state index in [1.54, 1.807) is 10.9 Å². The van der Waals surface area contributed by atoms with Crippen LogP contribution < -0.4 is 0 Å². The second-order valence-electron chi connectivity index (χ2n) is 8.27. The van der Waals surface area contributed by atoms with Crippen LogP contribution in [0.2, 0.25) is 25.7 Å². The van der Waals surface area contributed by atoms with Crippen molar-refractivity contribution in [1.82, 2.24) is 19.6 Å². The molecule has 0 fully saturated rings. The summed E-state index contributed by atoms with van der Waals surface area (Å²) in [6.07, 6.45) is 3.69. The van der Waals surface area contributed by atoms with Gasteiger partial charge in [0, 0.05) is 38.9 Å². The molecule has 0 atom stereocenters. The van der Waals surface area contributed by atoms with Gasteiger partial charge in [-0.1, -0.05) is 19.6 Å². The number of carbonyl (C=O) groups excluding carboxylic acids is 1. The van der Waals surface area contributed by atoms with Crippen molar-refractivity contribution in [3.63, 3.8) is 0 Å². The summed E-state index contributed by atoms with van der Waals surface area (Å²) < 4.78 is 14.4. The highest BCUT2D eigenvalue weighted by molar-refractivity contribution is 6.76. The minimum Gasteiger partial charge on any atom is -0.465 e. The summed E-state index contributed by atoms with van der Waals surface area (Å²) in [6, 6.07) is 4.92. The van der Waals surface area contributed by atoms with E-state index in [4.69, 9.17) is 14.6 Å². The Balaban J connectivity index is 2.01. The van der Waals surface area contributed by atoms with Gasteiger partial charge in [-0.15, -0.1) is 0 Å². The molecule has 0 saturated carbocycles. The Bertz CT molecular complexity index is 1000. The van der Waals surface area contributed by atoms with E-state index < -0.39 is 8.07 Å². The van der Waals surface area contributed by atoms with Crippen LogP contribution in [-0.4, -0.2) is 47.3 Å². The number of ether oxygens (including phenoxy) is 2. The van der Waals surface area contributed by atoms with Gasteiger partial charge in [0.15, 0.2) is 0 Å². The summed E-state index contributed by atoms with van der Waals surface area (Å²) in [7, 11) is 2.12. The van der Waals surface area contributed by atoms with E-state index in [0.717, 1.165) is 40.4 Å². The lowest BCUT2D eigenvalue weighted by Gasteiger charge is -2.15. The van der Waals surface area contributed by atoms with E-state index >= 15 is 0 Å². The molecule has 3 rings (SSSR count). The van der Waals surface area contributed by atoms with Crippen molar-refractivity contribution >= 4 is 24.9 Å². The number of esters is 1. The van der Waals surface area contributed by atoms with Crippen LogP contribution in [0.1, 0.15) is 15.9 Å². The SMILES string of the molecule is COC(=O)c1cc2c(-c3cnn(C)c3)nn(COCC[Si](C)(C)C)c2cc1C. The average Bonchev–Trinajstić information content (AvgIpc) is 3.20. The normalized spacial score (nSPS) is 11.9. The molecule has 2 aromatic heterocycles. The first-order valence-electron chi connectivity index (χ1n) is 9.36. The number of rotatable bonds is 7. The number of benzene rings is 1. The maximum absolute atomic E-state index is 12.2. The third-order valence-corrected chi connectivity index (χ3v) is 6.39. The predicted octanol–water partition coefficient (Wildman–Crippen LogP) is 3.84. The van der Waals surface area contributed by atoms with E-state index in [1.165, 1.54) is 7.11 Å². The van der Waals surface area contributed by atoms with Gasteiger partial charge in [0.05, 0.1) is 24.4 Å². The van der Waals surface area contributed by atoms with Gasteiger partial charge in [0.1, 0.15) is 12.4 Å². The molecule has 0 unspecified atom stereocenters. The number of carbonyl (C=O) groups is 1. The van der Waals surface area contributed by atoms with Crippen molar-refractivity contribution in [3.8, 4) is 11.3 Å². The highest BCUT2D eigenvalue weighted by atomic mass is 28.3. The molecule has 0 amide bonds. The van der Waals surface area contributed by atoms with Gasteiger partial charge in [-0.2, -0.15) is 10.2 Å². The lowest BCUT2D eigenvalue weighted by atomic mass is 10.0. The minimum atomic E-state index is -1.14. The van der Waals surface area contributed by atoms with E-state index in [0.29, 0.717) is 12.3 Å². The Morgan fingerprint density at radius 1 is 1.25 bits per heavy atom. The van der Waals surface area contributed by atoms with Crippen molar-refractivity contribution in [1.29, 1.82) is 0 Å². The fourth-order valence-corrected chi connectivity index (χ4v) is 3.80. The van der Waals surface area contributed by atoms with Gasteiger partial charge in [0.25, 0.3) is 0 Å². The molecular formula is C20H28N4O3Si. The quantitative estimate of drug-likeness (QED) is 0.342. The van der Waals surface area contributed by atoms with Gasteiger partial charge < -0.3 is 9.47 Å². The molecule has 0 aliphatic rings. The van der Waals surface area contributed by atoms with Crippen molar-refractivity contribution < 1.29 is 14.3 Å². The van der Waals surface area contributed by atoms with E-state index in [-0.39, 0.29) is 5.97 Å². The van der Waals surface area contributed by atoms with Gasteiger partial charge >= 0.3 is 5.97 Å². The van der Waals surface area contributed by atoms with Gasteiger partial charge in [-0.3, -0.25) is 4.68 Å². The molecule has 0 N–H and O–H groups in total. The molecule has 0 aliphatic carbocycles. The van der Waals surface area contributed by atoms with Crippen LogP contribution in [0, 0.1) is 6.92 Å². The maximum atomic E-state index is 12.2. The third kappa shape index (κ3) is 4.34. The summed E-state index contributed by atoms with van der Waals surface area (Å²) in [4.78, 5) is 12.2. The molecule has 0 radical (unpaired) electrons. The van der Waals surface area contributed by atoms with E-state index in [2.05, 4.69) is 24.7 Å².